The molecule has 1 aliphatic heterocycles. The predicted octanol–water partition coefficient (Wildman–Crippen LogP) is 5.09. The Morgan fingerprint density at radius 3 is 2.56 bits per heavy atom. The van der Waals surface area contributed by atoms with E-state index in [4.69, 9.17) is 0 Å². The number of hydrogen-bond acceptors (Lipinski definition) is 8. The predicted molar refractivity (Wildman–Crippen MR) is 155 cm³/mol. The van der Waals surface area contributed by atoms with Gasteiger partial charge < -0.3 is 0 Å². The summed E-state index contributed by atoms with van der Waals surface area (Å²) < 4.78 is 27.5. The molecule has 0 saturated carbocycles. The first-order valence-electron chi connectivity index (χ1n) is 13.4. The standard InChI is InChI=1S/C30H28N6O4S/c37-36(38)27-10-8-22(9-11-27)19-34-13-4-5-23(20-34)15-26-17-29(33-21-32-26)25-16-24-12-14-35(30(24)31-18-25)41(39,40)28-6-2-1-3-7-28/h1-3,6-12,14,16-18,21,23H,4-5,13,15,19-20H2. The number of nitro groups is 1. The number of pyridine rings is 1. The molecular weight excluding hydrogens is 540 g/mol. The van der Waals surface area contributed by atoms with Gasteiger partial charge >= 0.3 is 0 Å². The van der Waals surface area contributed by atoms with E-state index in [-0.39, 0.29) is 15.5 Å². The van der Waals surface area contributed by atoms with Crippen molar-refractivity contribution < 1.29 is 13.3 Å². The van der Waals surface area contributed by atoms with Crippen molar-refractivity contribution in [2.45, 2.75) is 30.7 Å². The lowest BCUT2D eigenvalue weighted by molar-refractivity contribution is -0.384. The molecule has 4 heterocycles. The van der Waals surface area contributed by atoms with Crippen molar-refractivity contribution in [2.24, 2.45) is 5.92 Å². The molecule has 0 aliphatic carbocycles. The molecule has 208 valence electrons. The highest BCUT2D eigenvalue weighted by Crippen LogP contribution is 2.27. The number of non-ortho nitro benzene ring substituents is 1. The molecule has 1 atom stereocenters. The highest BCUT2D eigenvalue weighted by molar-refractivity contribution is 7.90. The quantitative estimate of drug-likeness (QED) is 0.187. The largest absolute Gasteiger partial charge is 0.299 e. The van der Waals surface area contributed by atoms with Gasteiger partial charge in [-0.15, -0.1) is 0 Å². The van der Waals surface area contributed by atoms with Crippen LogP contribution in [-0.2, 0) is 23.0 Å². The Kier molecular flexibility index (Phi) is 7.29. The summed E-state index contributed by atoms with van der Waals surface area (Å²) in [5.41, 5.74) is 4.01. The Hall–Kier alpha value is -4.48. The van der Waals surface area contributed by atoms with Gasteiger partial charge in [-0.05, 0) is 67.6 Å². The van der Waals surface area contributed by atoms with Crippen molar-refractivity contribution in [1.29, 1.82) is 0 Å². The lowest BCUT2D eigenvalue weighted by Crippen LogP contribution is -2.35. The first kappa shape index (κ1) is 26.7. The maximum absolute atomic E-state index is 13.1. The molecule has 1 fully saturated rings. The van der Waals surface area contributed by atoms with Crippen molar-refractivity contribution in [3.63, 3.8) is 0 Å². The molecular formula is C30H28N6O4S. The van der Waals surface area contributed by atoms with Crippen LogP contribution >= 0.6 is 0 Å². The van der Waals surface area contributed by atoms with E-state index in [1.165, 1.54) is 10.2 Å². The topological polar surface area (TPSA) is 124 Å². The second kappa shape index (κ2) is 11.2. The Labute approximate surface area is 237 Å². The van der Waals surface area contributed by atoms with Gasteiger partial charge in [-0.1, -0.05) is 30.3 Å². The number of nitro benzene ring substituents is 1. The monoisotopic (exact) mass is 568 g/mol. The molecule has 0 bridgehead atoms. The first-order chi connectivity index (χ1) is 19.9. The van der Waals surface area contributed by atoms with E-state index in [0.717, 1.165) is 61.4 Å². The van der Waals surface area contributed by atoms with Crippen LogP contribution in [0.1, 0.15) is 24.1 Å². The lowest BCUT2D eigenvalue weighted by Gasteiger charge is -2.32. The molecule has 0 amide bonds. The molecule has 2 aromatic carbocycles. The smallest absolute Gasteiger partial charge is 0.269 e. The summed E-state index contributed by atoms with van der Waals surface area (Å²) >= 11 is 0. The molecule has 5 aromatic rings. The molecule has 11 heteroatoms. The van der Waals surface area contributed by atoms with Crippen molar-refractivity contribution in [1.82, 2.24) is 23.8 Å². The van der Waals surface area contributed by atoms with Gasteiger partial charge in [0.15, 0.2) is 5.65 Å². The van der Waals surface area contributed by atoms with E-state index < -0.39 is 10.0 Å². The van der Waals surface area contributed by atoms with Gasteiger partial charge in [-0.2, -0.15) is 0 Å². The van der Waals surface area contributed by atoms with Gasteiger partial charge in [-0.25, -0.2) is 27.3 Å². The summed E-state index contributed by atoms with van der Waals surface area (Å²) in [6.45, 7) is 2.68. The molecule has 3 aromatic heterocycles. The number of piperidine rings is 1. The summed E-state index contributed by atoms with van der Waals surface area (Å²) in [7, 11) is -3.76. The molecule has 1 saturated heterocycles. The molecule has 1 unspecified atom stereocenters. The molecule has 0 radical (unpaired) electrons. The average molecular weight is 569 g/mol. The van der Waals surface area contributed by atoms with Crippen LogP contribution in [0.15, 0.2) is 96.4 Å². The van der Waals surface area contributed by atoms with Gasteiger partial charge in [0.1, 0.15) is 6.33 Å². The van der Waals surface area contributed by atoms with Crippen LogP contribution in [0.2, 0.25) is 0 Å². The Morgan fingerprint density at radius 1 is 0.976 bits per heavy atom. The number of hydrogen-bond donors (Lipinski definition) is 0. The molecule has 0 N–H and O–H groups in total. The number of nitrogens with zero attached hydrogens (tertiary/aromatic N) is 6. The third-order valence-electron chi connectivity index (χ3n) is 7.47. The van der Waals surface area contributed by atoms with E-state index in [1.54, 1.807) is 61.1 Å². The number of aromatic nitrogens is 4. The molecule has 1 aliphatic rings. The number of benzene rings is 2. The second-order valence-corrected chi connectivity index (χ2v) is 12.1. The summed E-state index contributed by atoms with van der Waals surface area (Å²) in [5, 5.41) is 11.6. The van der Waals surface area contributed by atoms with Crippen LogP contribution in [0.3, 0.4) is 0 Å². The van der Waals surface area contributed by atoms with Crippen LogP contribution in [0.5, 0.6) is 0 Å². The maximum atomic E-state index is 13.1. The lowest BCUT2D eigenvalue weighted by atomic mass is 9.92. The number of likely N-dealkylation sites (tertiary alicyclic amines) is 1. The van der Waals surface area contributed by atoms with Crippen LogP contribution in [-0.4, -0.2) is 50.3 Å². The van der Waals surface area contributed by atoms with E-state index in [1.807, 2.05) is 24.3 Å². The minimum atomic E-state index is -3.76. The average Bonchev–Trinajstić information content (AvgIpc) is 3.43. The number of rotatable bonds is 8. The molecule has 41 heavy (non-hydrogen) atoms. The zero-order valence-electron chi connectivity index (χ0n) is 22.2. The first-order valence-corrected chi connectivity index (χ1v) is 14.9. The molecule has 10 nitrogen and oxygen atoms in total. The maximum Gasteiger partial charge on any atom is 0.269 e. The van der Waals surface area contributed by atoms with Crippen LogP contribution < -0.4 is 0 Å². The van der Waals surface area contributed by atoms with E-state index in [0.29, 0.717) is 17.0 Å². The van der Waals surface area contributed by atoms with Crippen LogP contribution in [0, 0.1) is 16.0 Å². The Balaban J connectivity index is 1.16. The van der Waals surface area contributed by atoms with Crippen molar-refractivity contribution in [3.8, 4) is 11.3 Å². The normalized spacial score (nSPS) is 16.1. The fourth-order valence-corrected chi connectivity index (χ4v) is 6.78. The van der Waals surface area contributed by atoms with Gasteiger partial charge in [0, 0.05) is 54.3 Å². The Bertz CT molecular complexity index is 1810. The molecule has 0 spiro atoms. The highest BCUT2D eigenvalue weighted by atomic mass is 32.2. The van der Waals surface area contributed by atoms with Gasteiger partial charge in [-0.3, -0.25) is 15.0 Å². The van der Waals surface area contributed by atoms with Crippen LogP contribution in [0.25, 0.3) is 22.3 Å². The van der Waals surface area contributed by atoms with Gasteiger partial charge in [0.2, 0.25) is 0 Å². The van der Waals surface area contributed by atoms with E-state index in [9.17, 15) is 18.5 Å². The minimum absolute atomic E-state index is 0.106. The highest BCUT2D eigenvalue weighted by Gasteiger charge is 2.22. The summed E-state index contributed by atoms with van der Waals surface area (Å²) in [4.78, 5) is 26.7. The molecule has 6 rings (SSSR count). The summed E-state index contributed by atoms with van der Waals surface area (Å²) in [6, 6.07) is 20.7. The van der Waals surface area contributed by atoms with Crippen LogP contribution in [0.4, 0.5) is 5.69 Å². The van der Waals surface area contributed by atoms with Crippen molar-refractivity contribution in [2.75, 3.05) is 13.1 Å². The third-order valence-corrected chi connectivity index (χ3v) is 9.15. The summed E-state index contributed by atoms with van der Waals surface area (Å²) in [5.74, 6) is 0.433. The van der Waals surface area contributed by atoms with Gasteiger partial charge in [0.25, 0.3) is 15.7 Å². The Morgan fingerprint density at radius 2 is 1.78 bits per heavy atom. The second-order valence-electron chi connectivity index (χ2n) is 10.3. The third kappa shape index (κ3) is 5.72. The van der Waals surface area contributed by atoms with E-state index in [2.05, 4.69) is 19.9 Å². The van der Waals surface area contributed by atoms with E-state index >= 15 is 0 Å². The zero-order valence-corrected chi connectivity index (χ0v) is 23.0. The fraction of sp³-hybridized carbons (Fsp3) is 0.233. The van der Waals surface area contributed by atoms with Crippen molar-refractivity contribution in [3.05, 3.63) is 113 Å². The zero-order chi connectivity index (χ0) is 28.4. The van der Waals surface area contributed by atoms with Crippen molar-refractivity contribution >= 4 is 26.7 Å². The minimum Gasteiger partial charge on any atom is -0.299 e. The summed E-state index contributed by atoms with van der Waals surface area (Å²) in [6.07, 6.45) is 7.75. The van der Waals surface area contributed by atoms with Gasteiger partial charge in [0.05, 0.1) is 15.5 Å². The SMILES string of the molecule is O=[N+]([O-])c1ccc(CN2CCCC(Cc3cc(-c4cnc5c(ccn5S(=O)(=O)c5ccccc5)c4)ncn3)C2)cc1. The number of fused-ring (bicyclic) bond motifs is 1. The fourth-order valence-electron chi connectivity index (χ4n) is 5.45.